The maximum atomic E-state index is 11.6. The summed E-state index contributed by atoms with van der Waals surface area (Å²) in [6.07, 6.45) is 3.17. The predicted molar refractivity (Wildman–Crippen MR) is 73.1 cm³/mol. The fourth-order valence-electron chi connectivity index (χ4n) is 2.26. The van der Waals surface area contributed by atoms with Gasteiger partial charge in [0.25, 0.3) is 0 Å². The molecule has 1 aliphatic carbocycles. The highest BCUT2D eigenvalue weighted by atomic mass is 16.6. The van der Waals surface area contributed by atoms with E-state index in [1.54, 1.807) is 6.07 Å². The summed E-state index contributed by atoms with van der Waals surface area (Å²) in [6, 6.07) is 4.24. The van der Waals surface area contributed by atoms with Gasteiger partial charge in [0, 0.05) is 6.08 Å². The molecule has 3 N–H and O–H groups in total. The fraction of sp³-hybridized carbons (Fsp3) is 0.400. The summed E-state index contributed by atoms with van der Waals surface area (Å²) in [5.41, 5.74) is 0.567. The zero-order chi connectivity index (χ0) is 14.7. The first-order valence-electron chi connectivity index (χ1n) is 6.56. The number of aromatic hydroxyl groups is 2. The minimum atomic E-state index is -0.606. The Labute approximate surface area is 117 Å². The molecule has 0 amide bonds. The van der Waals surface area contributed by atoms with Crippen molar-refractivity contribution in [3.05, 3.63) is 29.8 Å². The molecular formula is C15H18O5. The van der Waals surface area contributed by atoms with Crippen LogP contribution in [0.2, 0.25) is 0 Å². The lowest BCUT2D eigenvalue weighted by Crippen LogP contribution is -2.28. The molecule has 1 aromatic carbocycles. The van der Waals surface area contributed by atoms with E-state index in [-0.39, 0.29) is 17.4 Å². The van der Waals surface area contributed by atoms with Crippen LogP contribution in [0.1, 0.15) is 25.3 Å². The molecule has 1 aromatic rings. The molecule has 1 fully saturated rings. The van der Waals surface area contributed by atoms with Crippen LogP contribution in [-0.4, -0.2) is 33.5 Å². The number of carbonyl (C=O) groups is 1. The summed E-state index contributed by atoms with van der Waals surface area (Å²) >= 11 is 0. The highest BCUT2D eigenvalue weighted by Crippen LogP contribution is 2.28. The first-order chi connectivity index (χ1) is 9.47. The van der Waals surface area contributed by atoms with Crippen molar-refractivity contribution in [1.82, 2.24) is 0 Å². The van der Waals surface area contributed by atoms with Crippen molar-refractivity contribution >= 4 is 12.0 Å². The molecule has 0 unspecified atom stereocenters. The minimum Gasteiger partial charge on any atom is -0.504 e. The predicted octanol–water partition coefficient (Wildman–Crippen LogP) is 1.81. The molecule has 1 saturated carbocycles. The first kappa shape index (κ1) is 14.4. The van der Waals surface area contributed by atoms with Crippen LogP contribution in [0.15, 0.2) is 24.3 Å². The van der Waals surface area contributed by atoms with Gasteiger partial charge in [-0.15, -0.1) is 0 Å². The van der Waals surface area contributed by atoms with Crippen LogP contribution >= 0.6 is 0 Å². The van der Waals surface area contributed by atoms with Gasteiger partial charge < -0.3 is 20.1 Å². The maximum absolute atomic E-state index is 11.6. The van der Waals surface area contributed by atoms with Crippen molar-refractivity contribution in [2.24, 2.45) is 5.92 Å². The van der Waals surface area contributed by atoms with E-state index in [0.717, 1.165) is 6.42 Å². The first-order valence-corrected chi connectivity index (χ1v) is 6.56. The Hall–Kier alpha value is -2.01. The quantitative estimate of drug-likeness (QED) is 0.446. The molecule has 0 bridgehead atoms. The van der Waals surface area contributed by atoms with Crippen LogP contribution < -0.4 is 0 Å². The number of hydrogen-bond acceptors (Lipinski definition) is 5. The molecule has 0 heterocycles. The molecule has 1 aliphatic rings. The van der Waals surface area contributed by atoms with Crippen molar-refractivity contribution in [3.63, 3.8) is 0 Å². The summed E-state index contributed by atoms with van der Waals surface area (Å²) < 4.78 is 5.18. The number of aliphatic hydroxyl groups excluding tert-OH is 1. The van der Waals surface area contributed by atoms with Gasteiger partial charge in [0.15, 0.2) is 11.5 Å². The molecule has 2 rings (SSSR count). The maximum Gasteiger partial charge on any atom is 0.331 e. The molecule has 5 nitrogen and oxygen atoms in total. The molecule has 3 atom stereocenters. The second-order valence-corrected chi connectivity index (χ2v) is 5.10. The summed E-state index contributed by atoms with van der Waals surface area (Å²) in [5.74, 6) is -0.852. The van der Waals surface area contributed by atoms with E-state index >= 15 is 0 Å². The lowest BCUT2D eigenvalue weighted by Gasteiger charge is -2.16. The van der Waals surface area contributed by atoms with Gasteiger partial charge in [0.05, 0.1) is 6.10 Å². The van der Waals surface area contributed by atoms with Crippen LogP contribution in [-0.2, 0) is 9.53 Å². The van der Waals surface area contributed by atoms with Crippen molar-refractivity contribution in [1.29, 1.82) is 0 Å². The lowest BCUT2D eigenvalue weighted by atomic mass is 10.1. The minimum absolute atomic E-state index is 0.144. The lowest BCUT2D eigenvalue weighted by molar-refractivity contribution is -0.147. The van der Waals surface area contributed by atoms with Crippen molar-refractivity contribution in [2.75, 3.05) is 0 Å². The van der Waals surface area contributed by atoms with E-state index in [1.165, 1.54) is 24.3 Å². The van der Waals surface area contributed by atoms with Crippen LogP contribution in [0, 0.1) is 5.92 Å². The second-order valence-electron chi connectivity index (χ2n) is 5.10. The summed E-state index contributed by atoms with van der Waals surface area (Å²) in [7, 11) is 0. The van der Waals surface area contributed by atoms with Gasteiger partial charge in [-0.2, -0.15) is 0 Å². The molecule has 108 valence electrons. The number of hydrogen-bond donors (Lipinski definition) is 3. The fourth-order valence-corrected chi connectivity index (χ4v) is 2.26. The zero-order valence-electron chi connectivity index (χ0n) is 11.2. The molecular weight excluding hydrogens is 260 g/mol. The van der Waals surface area contributed by atoms with Gasteiger partial charge in [-0.3, -0.25) is 0 Å². The van der Waals surface area contributed by atoms with Crippen LogP contribution in [0.25, 0.3) is 6.08 Å². The molecule has 20 heavy (non-hydrogen) atoms. The summed E-state index contributed by atoms with van der Waals surface area (Å²) in [4.78, 5) is 11.6. The van der Waals surface area contributed by atoms with Crippen molar-refractivity contribution in [2.45, 2.75) is 32.0 Å². The van der Waals surface area contributed by atoms with Crippen LogP contribution in [0.4, 0.5) is 0 Å². The third-order valence-corrected chi connectivity index (χ3v) is 3.55. The Kier molecular flexibility index (Phi) is 4.29. The number of phenolic OH excluding ortho intramolecular Hbond substituents is 2. The third-order valence-electron chi connectivity index (χ3n) is 3.55. The average molecular weight is 278 g/mol. The normalized spacial score (nSPS) is 26.0. The Morgan fingerprint density at radius 3 is 2.65 bits per heavy atom. The van der Waals surface area contributed by atoms with E-state index in [4.69, 9.17) is 4.74 Å². The average Bonchev–Trinajstić information content (AvgIpc) is 2.72. The SMILES string of the molecule is C[C@@H]1CC[C@@H](OC(=O)/C=C/c2ccc(O)c(O)c2)[C@@H]1O. The molecule has 0 radical (unpaired) electrons. The zero-order valence-corrected chi connectivity index (χ0v) is 11.2. The van der Waals surface area contributed by atoms with Gasteiger partial charge >= 0.3 is 5.97 Å². The number of phenols is 2. The Balaban J connectivity index is 1.94. The number of carbonyl (C=O) groups excluding carboxylic acids is 1. The standard InChI is InChI=1S/C15H18O5/c1-9-2-6-13(15(9)19)20-14(18)7-4-10-3-5-11(16)12(17)8-10/h3-5,7-9,13,15-17,19H,2,6H2,1H3/b7-4+/t9-,13-,15-/m1/s1. The van der Waals surface area contributed by atoms with E-state index in [2.05, 4.69) is 0 Å². The molecule has 0 aromatic heterocycles. The van der Waals surface area contributed by atoms with E-state index in [9.17, 15) is 20.1 Å². The molecule has 0 saturated heterocycles. The second kappa shape index (κ2) is 5.96. The van der Waals surface area contributed by atoms with Gasteiger partial charge in [0.1, 0.15) is 6.10 Å². The van der Waals surface area contributed by atoms with E-state index in [1.807, 2.05) is 6.92 Å². The molecule has 5 heteroatoms. The number of aliphatic hydroxyl groups is 1. The number of rotatable bonds is 3. The van der Waals surface area contributed by atoms with E-state index in [0.29, 0.717) is 12.0 Å². The van der Waals surface area contributed by atoms with Gasteiger partial charge in [-0.05, 0) is 42.5 Å². The highest BCUT2D eigenvalue weighted by Gasteiger charge is 2.34. The van der Waals surface area contributed by atoms with Crippen molar-refractivity contribution in [3.8, 4) is 11.5 Å². The van der Waals surface area contributed by atoms with Gasteiger partial charge in [-0.25, -0.2) is 4.79 Å². The Bertz CT molecular complexity index is 523. The molecule has 0 spiro atoms. The largest absolute Gasteiger partial charge is 0.504 e. The van der Waals surface area contributed by atoms with Crippen LogP contribution in [0.3, 0.4) is 0 Å². The third kappa shape index (κ3) is 3.30. The molecule has 0 aliphatic heterocycles. The van der Waals surface area contributed by atoms with Crippen molar-refractivity contribution < 1.29 is 24.9 Å². The summed E-state index contributed by atoms with van der Waals surface area (Å²) in [6.45, 7) is 1.92. The van der Waals surface area contributed by atoms with E-state index < -0.39 is 18.2 Å². The number of benzene rings is 1. The van der Waals surface area contributed by atoms with Gasteiger partial charge in [0.2, 0.25) is 0 Å². The summed E-state index contributed by atoms with van der Waals surface area (Å²) in [5, 5.41) is 28.3. The smallest absolute Gasteiger partial charge is 0.331 e. The Morgan fingerprint density at radius 1 is 1.30 bits per heavy atom. The number of esters is 1. The topological polar surface area (TPSA) is 87.0 Å². The Morgan fingerprint density at radius 2 is 2.05 bits per heavy atom. The number of ether oxygens (including phenoxy) is 1. The van der Waals surface area contributed by atoms with Gasteiger partial charge in [-0.1, -0.05) is 13.0 Å². The van der Waals surface area contributed by atoms with Crippen LogP contribution in [0.5, 0.6) is 11.5 Å². The monoisotopic (exact) mass is 278 g/mol. The highest BCUT2D eigenvalue weighted by molar-refractivity contribution is 5.87.